The number of carbonyl (C=O) groups excluding carboxylic acids is 2. The van der Waals surface area contributed by atoms with Crippen LogP contribution < -0.4 is 0 Å². The van der Waals surface area contributed by atoms with Crippen LogP contribution in [0.1, 0.15) is 50.8 Å². The zero-order valence-electron chi connectivity index (χ0n) is 17.8. The van der Waals surface area contributed by atoms with Crippen LogP contribution in [-0.2, 0) is 16.0 Å². The second kappa shape index (κ2) is 10.0. The number of hydrogen-bond donors (Lipinski definition) is 0. The molecule has 0 bridgehead atoms. The molecule has 2 saturated heterocycles. The predicted octanol–water partition coefficient (Wildman–Crippen LogP) is 3.45. The molecule has 4 rings (SSSR count). The van der Waals surface area contributed by atoms with Crippen LogP contribution in [0.25, 0.3) is 11.4 Å². The highest BCUT2D eigenvalue weighted by Gasteiger charge is 2.30. The topological polar surface area (TPSA) is 79.5 Å². The number of halogens is 1. The van der Waals surface area contributed by atoms with Crippen molar-refractivity contribution in [2.24, 2.45) is 5.92 Å². The molecule has 0 radical (unpaired) electrons. The van der Waals surface area contributed by atoms with Crippen LogP contribution in [0, 0.1) is 11.7 Å². The zero-order valence-corrected chi connectivity index (χ0v) is 17.8. The van der Waals surface area contributed by atoms with Gasteiger partial charge in [-0.25, -0.2) is 4.39 Å². The lowest BCUT2D eigenvalue weighted by Gasteiger charge is -2.34. The molecular weight excluding hydrogens is 399 g/mol. The number of piperidine rings is 1. The fourth-order valence-corrected chi connectivity index (χ4v) is 4.37. The number of carbonyl (C=O) groups is 2. The molecule has 2 fully saturated rings. The molecule has 1 aromatic heterocycles. The molecule has 2 aliphatic heterocycles. The Morgan fingerprint density at radius 2 is 1.65 bits per heavy atom. The van der Waals surface area contributed by atoms with E-state index in [0.717, 1.165) is 38.8 Å². The van der Waals surface area contributed by atoms with Gasteiger partial charge in [-0.05, 0) is 49.9 Å². The molecule has 1 aromatic carbocycles. The molecule has 7 nitrogen and oxygen atoms in total. The van der Waals surface area contributed by atoms with Crippen LogP contribution in [-0.4, -0.2) is 57.9 Å². The number of hydrogen-bond acceptors (Lipinski definition) is 5. The van der Waals surface area contributed by atoms with Gasteiger partial charge in [0, 0.05) is 50.5 Å². The standard InChI is InChI=1S/C23H29FN4O3/c24-19-7-5-17(6-8-19)22-25-20(31-26-22)9-10-21(29)27-15-11-18(12-16-27)23(30)28-13-3-1-2-4-14-28/h5-8,18H,1-4,9-16H2. The van der Waals surface area contributed by atoms with Crippen molar-refractivity contribution < 1.29 is 18.5 Å². The molecule has 0 atom stereocenters. The van der Waals surface area contributed by atoms with Gasteiger partial charge in [0.1, 0.15) is 5.82 Å². The van der Waals surface area contributed by atoms with E-state index in [4.69, 9.17) is 4.52 Å². The first-order valence-corrected chi connectivity index (χ1v) is 11.3. The maximum Gasteiger partial charge on any atom is 0.227 e. The molecule has 2 aliphatic rings. The van der Waals surface area contributed by atoms with Crippen molar-refractivity contribution in [3.63, 3.8) is 0 Å². The summed E-state index contributed by atoms with van der Waals surface area (Å²) >= 11 is 0. The smallest absolute Gasteiger partial charge is 0.227 e. The highest BCUT2D eigenvalue weighted by Crippen LogP contribution is 2.23. The van der Waals surface area contributed by atoms with E-state index in [1.807, 2.05) is 9.80 Å². The largest absolute Gasteiger partial charge is 0.343 e. The summed E-state index contributed by atoms with van der Waals surface area (Å²) in [5.74, 6) is 0.802. The Morgan fingerprint density at radius 3 is 2.32 bits per heavy atom. The number of benzene rings is 1. The summed E-state index contributed by atoms with van der Waals surface area (Å²) in [6, 6.07) is 5.87. The summed E-state index contributed by atoms with van der Waals surface area (Å²) in [5, 5.41) is 3.91. The van der Waals surface area contributed by atoms with E-state index < -0.39 is 0 Å². The minimum absolute atomic E-state index is 0.0383. The third-order valence-electron chi connectivity index (χ3n) is 6.24. The van der Waals surface area contributed by atoms with Gasteiger partial charge >= 0.3 is 0 Å². The fourth-order valence-electron chi connectivity index (χ4n) is 4.37. The molecular formula is C23H29FN4O3. The van der Waals surface area contributed by atoms with E-state index in [-0.39, 0.29) is 30.0 Å². The van der Waals surface area contributed by atoms with E-state index in [1.54, 1.807) is 12.1 Å². The Morgan fingerprint density at radius 1 is 0.968 bits per heavy atom. The van der Waals surface area contributed by atoms with Crippen molar-refractivity contribution in [2.75, 3.05) is 26.2 Å². The SMILES string of the molecule is O=C(CCc1nc(-c2ccc(F)cc2)no1)N1CCC(C(=O)N2CCCCCC2)CC1. The molecule has 0 saturated carbocycles. The monoisotopic (exact) mass is 428 g/mol. The maximum absolute atomic E-state index is 13.0. The summed E-state index contributed by atoms with van der Waals surface area (Å²) < 4.78 is 18.3. The molecule has 166 valence electrons. The molecule has 0 aliphatic carbocycles. The second-order valence-electron chi connectivity index (χ2n) is 8.41. The Hall–Kier alpha value is -2.77. The van der Waals surface area contributed by atoms with Crippen LogP contribution in [0.3, 0.4) is 0 Å². The molecule has 3 heterocycles. The first-order chi connectivity index (χ1) is 15.1. The Balaban J connectivity index is 1.23. The minimum Gasteiger partial charge on any atom is -0.343 e. The summed E-state index contributed by atoms with van der Waals surface area (Å²) in [7, 11) is 0. The highest BCUT2D eigenvalue weighted by molar-refractivity contribution is 5.80. The molecule has 31 heavy (non-hydrogen) atoms. The van der Waals surface area contributed by atoms with E-state index in [2.05, 4.69) is 10.1 Å². The molecule has 0 spiro atoms. The van der Waals surface area contributed by atoms with Crippen LogP contribution in [0.4, 0.5) is 4.39 Å². The summed E-state index contributed by atoms with van der Waals surface area (Å²) in [6.45, 7) is 2.99. The van der Waals surface area contributed by atoms with E-state index >= 15 is 0 Å². The highest BCUT2D eigenvalue weighted by atomic mass is 19.1. The number of rotatable bonds is 5. The minimum atomic E-state index is -0.324. The number of likely N-dealkylation sites (tertiary alicyclic amines) is 2. The van der Waals surface area contributed by atoms with Gasteiger partial charge in [-0.3, -0.25) is 9.59 Å². The van der Waals surface area contributed by atoms with Gasteiger partial charge in [-0.15, -0.1) is 0 Å². The Kier molecular flexibility index (Phi) is 6.94. The van der Waals surface area contributed by atoms with Crippen LogP contribution in [0.2, 0.25) is 0 Å². The third kappa shape index (κ3) is 5.48. The van der Waals surface area contributed by atoms with E-state index in [0.29, 0.717) is 36.8 Å². The lowest BCUT2D eigenvalue weighted by molar-refractivity contribution is -0.140. The lowest BCUT2D eigenvalue weighted by atomic mass is 9.95. The Bertz CT molecular complexity index is 882. The number of aryl methyl sites for hydroxylation is 1. The van der Waals surface area contributed by atoms with E-state index in [9.17, 15) is 14.0 Å². The van der Waals surface area contributed by atoms with Crippen molar-refractivity contribution in [3.8, 4) is 11.4 Å². The van der Waals surface area contributed by atoms with Gasteiger partial charge in [-0.2, -0.15) is 4.98 Å². The van der Waals surface area contributed by atoms with Crippen molar-refractivity contribution in [1.29, 1.82) is 0 Å². The van der Waals surface area contributed by atoms with Crippen LogP contribution >= 0.6 is 0 Å². The third-order valence-corrected chi connectivity index (χ3v) is 6.24. The zero-order chi connectivity index (χ0) is 21.6. The normalized spacial score (nSPS) is 18.1. The van der Waals surface area contributed by atoms with Gasteiger partial charge in [0.05, 0.1) is 0 Å². The molecule has 2 aromatic rings. The summed E-state index contributed by atoms with van der Waals surface area (Å²) in [6.07, 6.45) is 6.73. The molecule has 0 unspecified atom stereocenters. The Labute approximate surface area is 181 Å². The number of amides is 2. The molecule has 8 heteroatoms. The van der Waals surface area contributed by atoms with Crippen molar-refractivity contribution in [2.45, 2.75) is 51.4 Å². The fraction of sp³-hybridized carbons (Fsp3) is 0.565. The summed E-state index contributed by atoms with van der Waals surface area (Å²) in [5.41, 5.74) is 0.666. The van der Waals surface area contributed by atoms with Crippen molar-refractivity contribution in [3.05, 3.63) is 36.0 Å². The van der Waals surface area contributed by atoms with Crippen LogP contribution in [0.5, 0.6) is 0 Å². The van der Waals surface area contributed by atoms with Crippen molar-refractivity contribution >= 4 is 11.8 Å². The lowest BCUT2D eigenvalue weighted by Crippen LogP contribution is -2.44. The number of nitrogens with zero attached hydrogens (tertiary/aromatic N) is 4. The average Bonchev–Trinajstić information content (AvgIpc) is 3.10. The van der Waals surface area contributed by atoms with E-state index in [1.165, 1.54) is 25.0 Å². The van der Waals surface area contributed by atoms with Gasteiger partial charge in [0.25, 0.3) is 0 Å². The number of aromatic nitrogens is 2. The van der Waals surface area contributed by atoms with Gasteiger partial charge in [0.15, 0.2) is 0 Å². The van der Waals surface area contributed by atoms with Crippen molar-refractivity contribution in [1.82, 2.24) is 19.9 Å². The molecule has 0 N–H and O–H groups in total. The quantitative estimate of drug-likeness (QED) is 0.729. The first kappa shape index (κ1) is 21.5. The second-order valence-corrected chi connectivity index (χ2v) is 8.41. The van der Waals surface area contributed by atoms with Gasteiger partial charge < -0.3 is 14.3 Å². The molecule has 2 amide bonds. The first-order valence-electron chi connectivity index (χ1n) is 11.3. The van der Waals surface area contributed by atoms with Crippen LogP contribution in [0.15, 0.2) is 28.8 Å². The average molecular weight is 429 g/mol. The van der Waals surface area contributed by atoms with Gasteiger partial charge in [0.2, 0.25) is 23.5 Å². The summed E-state index contributed by atoms with van der Waals surface area (Å²) in [4.78, 5) is 33.6. The maximum atomic E-state index is 13.0. The predicted molar refractivity (Wildman–Crippen MR) is 112 cm³/mol. The van der Waals surface area contributed by atoms with Gasteiger partial charge in [-0.1, -0.05) is 18.0 Å².